The van der Waals surface area contributed by atoms with E-state index in [2.05, 4.69) is 38.1 Å². The minimum atomic E-state index is 0.915. The number of nitrogens with zero attached hydrogens (tertiary/aromatic N) is 2. The summed E-state index contributed by atoms with van der Waals surface area (Å²) in [4.78, 5) is 15.2. The molecule has 4 heteroatoms. The molecule has 2 N–H and O–H groups in total. The molecular weight excluding hydrogens is 236 g/mol. The van der Waals surface area contributed by atoms with E-state index in [0.29, 0.717) is 0 Å². The fourth-order valence-electron chi connectivity index (χ4n) is 2.52. The Morgan fingerprint density at radius 1 is 1.11 bits per heavy atom. The average Bonchev–Trinajstić information content (AvgIpc) is 3.01. The molecule has 1 aromatic carbocycles. The van der Waals surface area contributed by atoms with Gasteiger partial charge in [0.1, 0.15) is 11.5 Å². The molecule has 0 spiro atoms. The monoisotopic (exact) mass is 248 g/mol. The standard InChI is InChI=1S/C15H12N4/c1-9-18-13-3-2-10(8-14(13)19-9)11-4-6-16-15-12(11)5-7-17-15/h2-8H,1H3,(H,16,17)(H,18,19). The summed E-state index contributed by atoms with van der Waals surface area (Å²) in [5.74, 6) is 0.939. The normalized spacial score (nSPS) is 11.4. The summed E-state index contributed by atoms with van der Waals surface area (Å²) >= 11 is 0. The smallest absolute Gasteiger partial charge is 0.137 e. The third-order valence-corrected chi connectivity index (χ3v) is 3.37. The molecule has 4 nitrogen and oxygen atoms in total. The molecule has 0 radical (unpaired) electrons. The molecule has 19 heavy (non-hydrogen) atoms. The van der Waals surface area contributed by atoms with Crippen molar-refractivity contribution < 1.29 is 0 Å². The van der Waals surface area contributed by atoms with E-state index in [4.69, 9.17) is 0 Å². The largest absolute Gasteiger partial charge is 0.346 e. The number of fused-ring (bicyclic) bond motifs is 2. The van der Waals surface area contributed by atoms with Crippen molar-refractivity contribution in [2.24, 2.45) is 0 Å². The molecule has 4 rings (SSSR count). The van der Waals surface area contributed by atoms with E-state index in [-0.39, 0.29) is 0 Å². The minimum Gasteiger partial charge on any atom is -0.346 e. The summed E-state index contributed by atoms with van der Waals surface area (Å²) in [6.45, 7) is 1.97. The molecule has 3 heterocycles. The summed E-state index contributed by atoms with van der Waals surface area (Å²) in [6, 6.07) is 10.4. The number of hydrogen-bond acceptors (Lipinski definition) is 2. The van der Waals surface area contributed by atoms with Crippen LogP contribution in [0.15, 0.2) is 42.7 Å². The van der Waals surface area contributed by atoms with E-state index in [0.717, 1.165) is 27.9 Å². The Hall–Kier alpha value is -2.62. The second-order valence-corrected chi connectivity index (χ2v) is 4.65. The molecule has 3 aromatic heterocycles. The van der Waals surface area contributed by atoms with Crippen molar-refractivity contribution in [3.05, 3.63) is 48.5 Å². The lowest BCUT2D eigenvalue weighted by atomic mass is 10.0. The van der Waals surface area contributed by atoms with Crippen LogP contribution in [0.3, 0.4) is 0 Å². The Morgan fingerprint density at radius 2 is 2.05 bits per heavy atom. The highest BCUT2D eigenvalue weighted by atomic mass is 14.9. The molecule has 0 bridgehead atoms. The second-order valence-electron chi connectivity index (χ2n) is 4.65. The van der Waals surface area contributed by atoms with Crippen LogP contribution < -0.4 is 0 Å². The van der Waals surface area contributed by atoms with Crippen LogP contribution in [0.1, 0.15) is 5.82 Å². The van der Waals surface area contributed by atoms with Crippen molar-refractivity contribution in [3.63, 3.8) is 0 Å². The van der Waals surface area contributed by atoms with Crippen LogP contribution in [0.25, 0.3) is 33.2 Å². The number of benzene rings is 1. The van der Waals surface area contributed by atoms with Crippen molar-refractivity contribution in [1.29, 1.82) is 0 Å². The average molecular weight is 248 g/mol. The lowest BCUT2D eigenvalue weighted by Crippen LogP contribution is -1.82. The summed E-state index contributed by atoms with van der Waals surface area (Å²) in [7, 11) is 0. The minimum absolute atomic E-state index is 0.915. The first-order valence-electron chi connectivity index (χ1n) is 6.20. The number of imidazole rings is 1. The topological polar surface area (TPSA) is 57.4 Å². The van der Waals surface area contributed by atoms with Crippen molar-refractivity contribution in [1.82, 2.24) is 19.9 Å². The molecule has 0 aliphatic carbocycles. The van der Waals surface area contributed by atoms with E-state index in [1.54, 1.807) is 0 Å². The van der Waals surface area contributed by atoms with Gasteiger partial charge in [0.15, 0.2) is 0 Å². The number of H-pyrrole nitrogens is 2. The fraction of sp³-hybridized carbons (Fsp3) is 0.0667. The number of aromatic amines is 2. The van der Waals surface area contributed by atoms with Gasteiger partial charge in [-0.25, -0.2) is 9.97 Å². The van der Waals surface area contributed by atoms with Crippen LogP contribution in [0, 0.1) is 6.92 Å². The van der Waals surface area contributed by atoms with Gasteiger partial charge in [-0.3, -0.25) is 0 Å². The van der Waals surface area contributed by atoms with Gasteiger partial charge in [-0.1, -0.05) is 6.07 Å². The lowest BCUT2D eigenvalue weighted by Gasteiger charge is -2.03. The van der Waals surface area contributed by atoms with Crippen LogP contribution >= 0.6 is 0 Å². The lowest BCUT2D eigenvalue weighted by molar-refractivity contribution is 1.17. The molecule has 0 saturated carbocycles. The van der Waals surface area contributed by atoms with E-state index in [1.807, 2.05) is 31.5 Å². The summed E-state index contributed by atoms with van der Waals surface area (Å²) in [5.41, 5.74) is 5.33. The van der Waals surface area contributed by atoms with Gasteiger partial charge in [0, 0.05) is 17.8 Å². The molecule has 0 aliphatic rings. The van der Waals surface area contributed by atoms with Crippen LogP contribution in [-0.4, -0.2) is 19.9 Å². The molecule has 0 saturated heterocycles. The number of aryl methyl sites for hydroxylation is 1. The van der Waals surface area contributed by atoms with Gasteiger partial charge in [-0.2, -0.15) is 0 Å². The molecule has 92 valence electrons. The van der Waals surface area contributed by atoms with Gasteiger partial charge in [-0.15, -0.1) is 0 Å². The number of aromatic nitrogens is 4. The Kier molecular flexibility index (Phi) is 2.00. The van der Waals surface area contributed by atoms with E-state index in [9.17, 15) is 0 Å². The number of rotatable bonds is 1. The fourth-order valence-corrected chi connectivity index (χ4v) is 2.52. The van der Waals surface area contributed by atoms with E-state index >= 15 is 0 Å². The Labute approximate surface area is 109 Å². The summed E-state index contributed by atoms with van der Waals surface area (Å²) in [6.07, 6.45) is 3.75. The van der Waals surface area contributed by atoms with Gasteiger partial charge >= 0.3 is 0 Å². The highest BCUT2D eigenvalue weighted by Gasteiger charge is 2.07. The molecule has 4 aromatic rings. The summed E-state index contributed by atoms with van der Waals surface area (Å²) in [5, 5.41) is 1.14. The Bertz CT molecular complexity index is 885. The molecule has 0 fully saturated rings. The zero-order chi connectivity index (χ0) is 12.8. The van der Waals surface area contributed by atoms with Crippen molar-refractivity contribution >= 4 is 22.1 Å². The predicted molar refractivity (Wildman–Crippen MR) is 75.9 cm³/mol. The Balaban J connectivity index is 2.00. The number of pyridine rings is 1. The Morgan fingerprint density at radius 3 is 3.00 bits per heavy atom. The van der Waals surface area contributed by atoms with Crippen molar-refractivity contribution in [2.75, 3.05) is 0 Å². The van der Waals surface area contributed by atoms with Gasteiger partial charge in [0.05, 0.1) is 11.0 Å². The zero-order valence-corrected chi connectivity index (χ0v) is 10.4. The third kappa shape index (κ3) is 1.53. The third-order valence-electron chi connectivity index (χ3n) is 3.37. The highest BCUT2D eigenvalue weighted by Crippen LogP contribution is 2.28. The zero-order valence-electron chi connectivity index (χ0n) is 10.4. The first-order chi connectivity index (χ1) is 9.31. The van der Waals surface area contributed by atoms with Crippen molar-refractivity contribution in [3.8, 4) is 11.1 Å². The maximum atomic E-state index is 4.43. The van der Waals surface area contributed by atoms with Gasteiger partial charge in [0.25, 0.3) is 0 Å². The SMILES string of the molecule is Cc1nc2ccc(-c3ccnc4[nH]ccc34)cc2[nH]1. The number of hydrogen-bond donors (Lipinski definition) is 2. The summed E-state index contributed by atoms with van der Waals surface area (Å²) < 4.78 is 0. The molecule has 0 atom stereocenters. The quantitative estimate of drug-likeness (QED) is 0.542. The van der Waals surface area contributed by atoms with Gasteiger partial charge in [-0.05, 0) is 42.3 Å². The second kappa shape index (κ2) is 3.68. The van der Waals surface area contributed by atoms with Crippen LogP contribution in [-0.2, 0) is 0 Å². The van der Waals surface area contributed by atoms with Crippen LogP contribution in [0.4, 0.5) is 0 Å². The molecule has 0 unspecified atom stereocenters. The molecule has 0 amide bonds. The van der Waals surface area contributed by atoms with Crippen molar-refractivity contribution in [2.45, 2.75) is 6.92 Å². The first-order valence-corrected chi connectivity index (χ1v) is 6.20. The predicted octanol–water partition coefficient (Wildman–Crippen LogP) is 3.41. The van der Waals surface area contributed by atoms with Crippen LogP contribution in [0.2, 0.25) is 0 Å². The van der Waals surface area contributed by atoms with E-state index in [1.165, 1.54) is 11.1 Å². The molecule has 0 aliphatic heterocycles. The van der Waals surface area contributed by atoms with E-state index < -0.39 is 0 Å². The highest BCUT2D eigenvalue weighted by molar-refractivity contribution is 5.95. The molecular formula is C15H12N4. The van der Waals surface area contributed by atoms with Gasteiger partial charge < -0.3 is 9.97 Å². The maximum Gasteiger partial charge on any atom is 0.137 e. The van der Waals surface area contributed by atoms with Gasteiger partial charge in [0.2, 0.25) is 0 Å². The van der Waals surface area contributed by atoms with Crippen LogP contribution in [0.5, 0.6) is 0 Å². The first kappa shape index (κ1) is 10.3. The maximum absolute atomic E-state index is 4.43. The number of nitrogens with one attached hydrogen (secondary N) is 2.